The second kappa shape index (κ2) is 5.17. The van der Waals surface area contributed by atoms with E-state index in [0.717, 1.165) is 29.0 Å². The molecule has 3 rings (SSSR count). The third kappa shape index (κ3) is 2.37. The van der Waals surface area contributed by atoms with Gasteiger partial charge in [-0.3, -0.25) is 0 Å². The quantitative estimate of drug-likeness (QED) is 0.931. The van der Waals surface area contributed by atoms with Gasteiger partial charge in [0, 0.05) is 6.42 Å². The number of hydrogen-bond acceptors (Lipinski definition) is 3. The summed E-state index contributed by atoms with van der Waals surface area (Å²) in [4.78, 5) is 0. The number of benzene rings is 2. The summed E-state index contributed by atoms with van der Waals surface area (Å²) in [6.07, 6.45) is 0.499. The molecule has 0 amide bonds. The average Bonchev–Trinajstić information content (AvgIpc) is 2.85. The largest absolute Gasteiger partial charge is 0.497 e. The Bertz CT molecular complexity index is 604. The van der Waals surface area contributed by atoms with Crippen LogP contribution in [0.25, 0.3) is 0 Å². The van der Waals surface area contributed by atoms with E-state index in [1.54, 1.807) is 7.11 Å². The summed E-state index contributed by atoms with van der Waals surface area (Å²) in [6.45, 7) is 2.06. The van der Waals surface area contributed by atoms with Gasteiger partial charge in [0.1, 0.15) is 23.7 Å². The monoisotopic (exact) mass is 270 g/mol. The fourth-order valence-electron chi connectivity index (χ4n) is 2.59. The topological polar surface area (TPSA) is 38.7 Å². The standard InChI is InChI=1S/C17H18O3/c1-11-9-14-10-13(5-8-16(14)20-11)17(18)12-3-6-15(19-2)7-4-12/h3-8,10-11,17-18H,9H2,1-2H3. The summed E-state index contributed by atoms with van der Waals surface area (Å²) < 4.78 is 10.8. The molecule has 2 aromatic carbocycles. The lowest BCUT2D eigenvalue weighted by Gasteiger charge is -2.13. The molecule has 2 atom stereocenters. The highest BCUT2D eigenvalue weighted by atomic mass is 16.5. The van der Waals surface area contributed by atoms with Crippen LogP contribution < -0.4 is 9.47 Å². The minimum atomic E-state index is -0.623. The third-order valence-corrected chi connectivity index (χ3v) is 3.67. The molecule has 1 aliphatic rings. The molecule has 20 heavy (non-hydrogen) atoms. The van der Waals surface area contributed by atoms with Crippen molar-refractivity contribution in [1.82, 2.24) is 0 Å². The van der Waals surface area contributed by atoms with Crippen LogP contribution in [-0.2, 0) is 6.42 Å². The van der Waals surface area contributed by atoms with Gasteiger partial charge in [0.2, 0.25) is 0 Å². The highest BCUT2D eigenvalue weighted by Crippen LogP contribution is 2.33. The van der Waals surface area contributed by atoms with Crippen LogP contribution in [0.2, 0.25) is 0 Å². The van der Waals surface area contributed by atoms with E-state index in [4.69, 9.17) is 9.47 Å². The normalized spacial score (nSPS) is 18.2. The van der Waals surface area contributed by atoms with E-state index >= 15 is 0 Å². The van der Waals surface area contributed by atoms with E-state index in [9.17, 15) is 5.11 Å². The molecule has 3 nitrogen and oxygen atoms in total. The molecular formula is C17H18O3. The number of aliphatic hydroxyl groups is 1. The highest BCUT2D eigenvalue weighted by molar-refractivity contribution is 5.43. The number of aliphatic hydroxyl groups excluding tert-OH is 1. The highest BCUT2D eigenvalue weighted by Gasteiger charge is 2.21. The SMILES string of the molecule is COc1ccc(C(O)c2ccc3c(c2)CC(C)O3)cc1. The molecule has 104 valence electrons. The molecule has 2 aromatic rings. The second-order valence-corrected chi connectivity index (χ2v) is 5.18. The van der Waals surface area contributed by atoms with Crippen molar-refractivity contribution in [1.29, 1.82) is 0 Å². The fourth-order valence-corrected chi connectivity index (χ4v) is 2.59. The molecule has 3 heteroatoms. The first-order valence-electron chi connectivity index (χ1n) is 6.79. The molecule has 0 aliphatic carbocycles. The zero-order valence-corrected chi connectivity index (χ0v) is 11.7. The van der Waals surface area contributed by atoms with E-state index in [2.05, 4.69) is 6.92 Å². The minimum Gasteiger partial charge on any atom is -0.497 e. The lowest BCUT2D eigenvalue weighted by atomic mass is 9.98. The molecule has 0 saturated carbocycles. The van der Waals surface area contributed by atoms with Crippen LogP contribution in [0.4, 0.5) is 0 Å². The smallest absolute Gasteiger partial charge is 0.123 e. The van der Waals surface area contributed by atoms with Crippen LogP contribution >= 0.6 is 0 Å². The Morgan fingerprint density at radius 3 is 2.55 bits per heavy atom. The first-order chi connectivity index (χ1) is 9.67. The summed E-state index contributed by atoms with van der Waals surface area (Å²) in [5, 5.41) is 10.5. The first-order valence-corrected chi connectivity index (χ1v) is 6.79. The molecule has 1 N–H and O–H groups in total. The fraction of sp³-hybridized carbons (Fsp3) is 0.294. The van der Waals surface area contributed by atoms with Crippen molar-refractivity contribution in [3.8, 4) is 11.5 Å². The summed E-state index contributed by atoms with van der Waals surface area (Å²) >= 11 is 0. The Labute approximate surface area is 118 Å². The van der Waals surface area contributed by atoms with E-state index in [1.165, 1.54) is 5.56 Å². The number of hydrogen-bond donors (Lipinski definition) is 1. The zero-order chi connectivity index (χ0) is 14.1. The van der Waals surface area contributed by atoms with Gasteiger partial charge >= 0.3 is 0 Å². The Hall–Kier alpha value is -2.00. The number of ether oxygens (including phenoxy) is 2. The second-order valence-electron chi connectivity index (χ2n) is 5.18. The maximum atomic E-state index is 10.5. The third-order valence-electron chi connectivity index (χ3n) is 3.67. The van der Waals surface area contributed by atoms with Gasteiger partial charge in [-0.2, -0.15) is 0 Å². The Balaban J connectivity index is 1.86. The van der Waals surface area contributed by atoms with Crippen molar-refractivity contribution in [3.63, 3.8) is 0 Å². The van der Waals surface area contributed by atoms with Gasteiger partial charge < -0.3 is 14.6 Å². The minimum absolute atomic E-state index is 0.221. The van der Waals surface area contributed by atoms with Crippen LogP contribution in [-0.4, -0.2) is 18.3 Å². The van der Waals surface area contributed by atoms with Gasteiger partial charge in [0.15, 0.2) is 0 Å². The van der Waals surface area contributed by atoms with Crippen molar-refractivity contribution in [2.75, 3.05) is 7.11 Å². The molecule has 1 heterocycles. The Morgan fingerprint density at radius 2 is 1.85 bits per heavy atom. The van der Waals surface area contributed by atoms with E-state index in [-0.39, 0.29) is 6.10 Å². The van der Waals surface area contributed by atoms with Gasteiger partial charge in [0.25, 0.3) is 0 Å². The van der Waals surface area contributed by atoms with Gasteiger partial charge in [-0.15, -0.1) is 0 Å². The number of methoxy groups -OCH3 is 1. The predicted molar refractivity (Wildman–Crippen MR) is 77.3 cm³/mol. The lowest BCUT2D eigenvalue weighted by molar-refractivity contribution is 0.220. The average molecular weight is 270 g/mol. The van der Waals surface area contributed by atoms with Gasteiger partial charge in [-0.1, -0.05) is 18.2 Å². The van der Waals surface area contributed by atoms with Crippen molar-refractivity contribution < 1.29 is 14.6 Å². The maximum absolute atomic E-state index is 10.5. The molecule has 0 bridgehead atoms. The van der Waals surface area contributed by atoms with Crippen LogP contribution in [0.3, 0.4) is 0 Å². The lowest BCUT2D eigenvalue weighted by Crippen LogP contribution is -2.05. The molecule has 1 aliphatic heterocycles. The molecule has 0 fully saturated rings. The van der Waals surface area contributed by atoms with Gasteiger partial charge in [-0.25, -0.2) is 0 Å². The summed E-state index contributed by atoms with van der Waals surface area (Å²) in [5.41, 5.74) is 2.92. The Kier molecular flexibility index (Phi) is 3.36. The number of rotatable bonds is 3. The summed E-state index contributed by atoms with van der Waals surface area (Å²) in [6, 6.07) is 13.4. The van der Waals surface area contributed by atoms with Gasteiger partial charge in [0.05, 0.1) is 7.11 Å². The van der Waals surface area contributed by atoms with Crippen molar-refractivity contribution in [2.45, 2.75) is 25.6 Å². The number of fused-ring (bicyclic) bond motifs is 1. The van der Waals surface area contributed by atoms with Crippen LogP contribution in [0.15, 0.2) is 42.5 Å². The Morgan fingerprint density at radius 1 is 1.15 bits per heavy atom. The molecule has 0 saturated heterocycles. The molecular weight excluding hydrogens is 252 g/mol. The molecule has 2 unspecified atom stereocenters. The van der Waals surface area contributed by atoms with E-state index in [1.807, 2.05) is 42.5 Å². The van der Waals surface area contributed by atoms with Crippen LogP contribution in [0.5, 0.6) is 11.5 Å². The van der Waals surface area contributed by atoms with Crippen LogP contribution in [0, 0.1) is 0 Å². The maximum Gasteiger partial charge on any atom is 0.123 e. The molecule has 0 radical (unpaired) electrons. The van der Waals surface area contributed by atoms with Crippen molar-refractivity contribution >= 4 is 0 Å². The van der Waals surface area contributed by atoms with E-state index in [0.29, 0.717) is 0 Å². The molecule has 0 aromatic heterocycles. The predicted octanol–water partition coefficient (Wildman–Crippen LogP) is 3.10. The van der Waals surface area contributed by atoms with Gasteiger partial charge in [-0.05, 0) is 47.9 Å². The van der Waals surface area contributed by atoms with Crippen molar-refractivity contribution in [3.05, 3.63) is 59.2 Å². The molecule has 0 spiro atoms. The van der Waals surface area contributed by atoms with Crippen molar-refractivity contribution in [2.24, 2.45) is 0 Å². The van der Waals surface area contributed by atoms with E-state index < -0.39 is 6.10 Å². The summed E-state index contributed by atoms with van der Waals surface area (Å²) in [7, 11) is 1.63. The zero-order valence-electron chi connectivity index (χ0n) is 11.7. The summed E-state index contributed by atoms with van der Waals surface area (Å²) in [5.74, 6) is 1.72. The van der Waals surface area contributed by atoms with Crippen LogP contribution in [0.1, 0.15) is 29.7 Å². The first kappa shape index (κ1) is 13.0.